The summed E-state index contributed by atoms with van der Waals surface area (Å²) in [6.45, 7) is 0. The molecule has 0 saturated carbocycles. The number of nitro benzene ring substituents is 1. The number of hydrogen-bond donors (Lipinski definition) is 0. The normalized spacial score (nSPS) is 10.9. The minimum Gasteiger partial charge on any atom is -0.465 e. The van der Waals surface area contributed by atoms with Crippen LogP contribution in [-0.4, -0.2) is 24.2 Å². The molecule has 7 nitrogen and oxygen atoms in total. The van der Waals surface area contributed by atoms with Gasteiger partial charge in [0, 0.05) is 17.7 Å². The van der Waals surface area contributed by atoms with E-state index in [1.807, 2.05) is 0 Å². The number of aliphatic imine (C=N–C) groups is 1. The summed E-state index contributed by atoms with van der Waals surface area (Å²) in [5.41, 5.74) is 1.39. The van der Waals surface area contributed by atoms with E-state index >= 15 is 0 Å². The Kier molecular flexibility index (Phi) is 5.33. The van der Waals surface area contributed by atoms with Gasteiger partial charge in [-0.15, -0.1) is 0 Å². The summed E-state index contributed by atoms with van der Waals surface area (Å²) in [6.07, 6.45) is 1.50. The van der Waals surface area contributed by atoms with Crippen molar-refractivity contribution in [3.8, 4) is 11.3 Å². The number of nitrogens with zero attached hydrogens (tertiary/aromatic N) is 2. The van der Waals surface area contributed by atoms with Crippen molar-refractivity contribution in [3.05, 3.63) is 81.1 Å². The zero-order valence-electron chi connectivity index (χ0n) is 14.1. The molecule has 8 heteroatoms. The zero-order valence-corrected chi connectivity index (χ0v) is 14.8. The lowest BCUT2D eigenvalue weighted by molar-refractivity contribution is -0.384. The van der Waals surface area contributed by atoms with E-state index in [9.17, 15) is 14.9 Å². The van der Waals surface area contributed by atoms with Crippen molar-refractivity contribution in [1.29, 1.82) is 0 Å². The third-order valence-electron chi connectivity index (χ3n) is 3.68. The molecule has 3 rings (SSSR count). The predicted molar refractivity (Wildman–Crippen MR) is 101 cm³/mol. The molecule has 0 aliphatic heterocycles. The largest absolute Gasteiger partial charge is 0.465 e. The van der Waals surface area contributed by atoms with Crippen LogP contribution in [0.4, 0.5) is 11.4 Å². The van der Waals surface area contributed by atoms with Crippen LogP contribution >= 0.6 is 11.6 Å². The van der Waals surface area contributed by atoms with Crippen LogP contribution in [0.1, 0.15) is 16.1 Å². The van der Waals surface area contributed by atoms with Crippen molar-refractivity contribution < 1.29 is 18.9 Å². The summed E-state index contributed by atoms with van der Waals surface area (Å²) in [5, 5.41) is 11.3. The van der Waals surface area contributed by atoms with Gasteiger partial charge in [0.05, 0.1) is 34.5 Å². The maximum absolute atomic E-state index is 11.4. The first kappa shape index (κ1) is 18.3. The average molecular weight is 385 g/mol. The van der Waals surface area contributed by atoms with Crippen LogP contribution in [0.3, 0.4) is 0 Å². The number of non-ortho nitro benzene ring substituents is 1. The van der Waals surface area contributed by atoms with Crippen molar-refractivity contribution in [2.24, 2.45) is 4.99 Å². The van der Waals surface area contributed by atoms with Crippen LogP contribution in [0.2, 0.25) is 5.02 Å². The van der Waals surface area contributed by atoms with Gasteiger partial charge in [0.15, 0.2) is 0 Å². The minimum atomic E-state index is -0.497. The predicted octanol–water partition coefficient (Wildman–Crippen LogP) is 5.05. The van der Waals surface area contributed by atoms with Gasteiger partial charge in [0.25, 0.3) is 5.69 Å². The Morgan fingerprint density at radius 2 is 1.93 bits per heavy atom. The Morgan fingerprint density at radius 1 is 1.19 bits per heavy atom. The Bertz CT molecular complexity index is 1020. The summed E-state index contributed by atoms with van der Waals surface area (Å²) in [5.74, 6) is 0.422. The van der Waals surface area contributed by atoms with Crippen LogP contribution in [0, 0.1) is 10.1 Å². The number of rotatable bonds is 5. The highest BCUT2D eigenvalue weighted by molar-refractivity contribution is 6.33. The molecule has 0 fully saturated rings. The average Bonchev–Trinajstić information content (AvgIpc) is 3.15. The van der Waals surface area contributed by atoms with E-state index in [0.29, 0.717) is 33.4 Å². The summed E-state index contributed by atoms with van der Waals surface area (Å²) >= 11 is 6.12. The molecule has 0 unspecified atom stereocenters. The highest BCUT2D eigenvalue weighted by Crippen LogP contribution is 2.32. The fourth-order valence-electron chi connectivity index (χ4n) is 2.32. The second-order valence-electron chi connectivity index (χ2n) is 5.42. The first-order chi connectivity index (χ1) is 13.0. The number of methoxy groups -OCH3 is 1. The molecule has 0 radical (unpaired) electrons. The first-order valence-electron chi connectivity index (χ1n) is 7.74. The highest BCUT2D eigenvalue weighted by Gasteiger charge is 2.14. The number of ether oxygens (including phenoxy) is 1. The molecule has 1 aromatic heterocycles. The maximum Gasteiger partial charge on any atom is 0.337 e. The van der Waals surface area contributed by atoms with Crippen molar-refractivity contribution in [2.45, 2.75) is 0 Å². The van der Waals surface area contributed by atoms with E-state index < -0.39 is 10.9 Å². The second kappa shape index (κ2) is 7.84. The number of nitro groups is 1. The Morgan fingerprint density at radius 3 is 2.59 bits per heavy atom. The van der Waals surface area contributed by atoms with E-state index in [4.69, 9.17) is 16.0 Å². The quantitative estimate of drug-likeness (QED) is 0.265. The van der Waals surface area contributed by atoms with Crippen LogP contribution in [0.25, 0.3) is 11.3 Å². The Balaban J connectivity index is 1.80. The van der Waals surface area contributed by atoms with Crippen molar-refractivity contribution in [2.75, 3.05) is 7.11 Å². The fraction of sp³-hybridized carbons (Fsp3) is 0.0526. The van der Waals surface area contributed by atoms with Gasteiger partial charge < -0.3 is 9.15 Å². The van der Waals surface area contributed by atoms with E-state index in [1.165, 1.54) is 31.5 Å². The van der Waals surface area contributed by atoms with Gasteiger partial charge in [0.2, 0.25) is 0 Å². The monoisotopic (exact) mass is 384 g/mol. The third kappa shape index (κ3) is 4.21. The van der Waals surface area contributed by atoms with Gasteiger partial charge in [-0.3, -0.25) is 15.1 Å². The molecule has 0 atom stereocenters. The number of hydrogen-bond acceptors (Lipinski definition) is 6. The molecule has 0 saturated heterocycles. The van der Waals surface area contributed by atoms with E-state index in [2.05, 4.69) is 9.73 Å². The van der Waals surface area contributed by atoms with Gasteiger partial charge in [-0.1, -0.05) is 11.6 Å². The van der Waals surface area contributed by atoms with Crippen LogP contribution in [-0.2, 0) is 4.74 Å². The number of esters is 1. The van der Waals surface area contributed by atoms with E-state index in [0.717, 1.165) is 0 Å². The number of halogens is 1. The molecule has 0 aliphatic rings. The lowest BCUT2D eigenvalue weighted by atomic mass is 10.1. The topological polar surface area (TPSA) is 94.9 Å². The summed E-state index contributed by atoms with van der Waals surface area (Å²) in [7, 11) is 1.32. The lowest BCUT2D eigenvalue weighted by Crippen LogP contribution is -1.99. The molecule has 2 aromatic carbocycles. The van der Waals surface area contributed by atoms with Crippen LogP contribution in [0.5, 0.6) is 0 Å². The van der Waals surface area contributed by atoms with Gasteiger partial charge in [0.1, 0.15) is 11.5 Å². The molecule has 0 aliphatic carbocycles. The number of carbonyl (C=O) groups excluding carboxylic acids is 1. The molecule has 136 valence electrons. The molecule has 0 bridgehead atoms. The highest BCUT2D eigenvalue weighted by atomic mass is 35.5. The van der Waals surface area contributed by atoms with Gasteiger partial charge in [-0.05, 0) is 42.5 Å². The third-order valence-corrected chi connectivity index (χ3v) is 4.01. The molecule has 3 aromatic rings. The molecule has 0 spiro atoms. The fourth-order valence-corrected chi connectivity index (χ4v) is 2.53. The molecular formula is C19H13ClN2O5. The molecule has 0 N–H and O–H groups in total. The van der Waals surface area contributed by atoms with Gasteiger partial charge >= 0.3 is 5.97 Å². The van der Waals surface area contributed by atoms with E-state index in [-0.39, 0.29) is 5.69 Å². The van der Waals surface area contributed by atoms with Crippen molar-refractivity contribution in [3.63, 3.8) is 0 Å². The van der Waals surface area contributed by atoms with E-state index in [1.54, 1.807) is 36.4 Å². The summed E-state index contributed by atoms with van der Waals surface area (Å²) in [4.78, 5) is 26.1. The van der Waals surface area contributed by atoms with Gasteiger partial charge in [-0.2, -0.15) is 0 Å². The number of furan rings is 1. The summed E-state index contributed by atoms with van der Waals surface area (Å²) < 4.78 is 10.3. The molecule has 27 heavy (non-hydrogen) atoms. The number of benzene rings is 2. The standard InChI is InChI=1S/C19H13ClN2O5/c1-26-19(23)12-2-4-13(5-3-12)21-11-15-7-9-18(27-15)16-10-14(22(24)25)6-8-17(16)20/h2-11H,1H3. The van der Waals surface area contributed by atoms with Gasteiger partial charge in [-0.25, -0.2) is 4.79 Å². The second-order valence-corrected chi connectivity index (χ2v) is 5.83. The molecular weight excluding hydrogens is 372 g/mol. The molecule has 0 amide bonds. The summed E-state index contributed by atoms with van der Waals surface area (Å²) in [6, 6.07) is 14.0. The van der Waals surface area contributed by atoms with Crippen LogP contribution < -0.4 is 0 Å². The van der Waals surface area contributed by atoms with Crippen molar-refractivity contribution >= 4 is 35.2 Å². The van der Waals surface area contributed by atoms with Crippen molar-refractivity contribution in [1.82, 2.24) is 0 Å². The maximum atomic E-state index is 11.4. The smallest absolute Gasteiger partial charge is 0.337 e. The zero-order chi connectivity index (χ0) is 19.4. The SMILES string of the molecule is COC(=O)c1ccc(N=Cc2ccc(-c3cc([N+](=O)[O-])ccc3Cl)o2)cc1. The first-order valence-corrected chi connectivity index (χ1v) is 8.12. The van der Waals surface area contributed by atoms with Crippen LogP contribution in [0.15, 0.2) is 64.0 Å². The number of carbonyl (C=O) groups is 1. The Labute approximate surface area is 159 Å². The molecule has 1 heterocycles. The minimum absolute atomic E-state index is 0.0771. The lowest BCUT2D eigenvalue weighted by Gasteiger charge is -2.00. The Hall–Kier alpha value is -3.45.